The second-order valence-electron chi connectivity index (χ2n) is 6.20. The van der Waals surface area contributed by atoms with E-state index in [1.807, 2.05) is 0 Å². The third-order valence-corrected chi connectivity index (χ3v) is 5.59. The van der Waals surface area contributed by atoms with Gasteiger partial charge in [-0.3, -0.25) is 0 Å². The van der Waals surface area contributed by atoms with Gasteiger partial charge in [0.05, 0.1) is 12.2 Å². The monoisotopic (exact) mass is 254 g/mol. The molecule has 18 heavy (non-hydrogen) atoms. The molecule has 4 heteroatoms. The van der Waals surface area contributed by atoms with E-state index < -0.39 is 17.6 Å². The normalized spacial score (nSPS) is 48.6. The van der Waals surface area contributed by atoms with Crippen LogP contribution in [0.25, 0.3) is 0 Å². The summed E-state index contributed by atoms with van der Waals surface area (Å²) in [7, 11) is 0. The number of hydrogen-bond acceptors (Lipinski definition) is 4. The molecule has 3 aliphatic rings. The molecule has 0 bridgehead atoms. The van der Waals surface area contributed by atoms with E-state index in [9.17, 15) is 20.4 Å². The highest BCUT2D eigenvalue weighted by Gasteiger charge is 2.59. The lowest BCUT2D eigenvalue weighted by molar-refractivity contribution is -0.0685. The van der Waals surface area contributed by atoms with Gasteiger partial charge in [-0.05, 0) is 38.0 Å². The standard InChI is InChI=1S/C14H22O4/c15-10-5-3-8(13(10)18)9-4-6-12(17)14(9)7-1-2-11(14)16/h8-9,11-12,15-18H,1-7H2. The Morgan fingerprint density at radius 2 is 1.67 bits per heavy atom. The molecule has 3 rings (SSSR count). The maximum absolute atomic E-state index is 10.3. The lowest BCUT2D eigenvalue weighted by Gasteiger charge is -2.40. The molecule has 2 saturated carbocycles. The minimum absolute atomic E-state index is 0.0742. The number of aliphatic hydroxyl groups is 4. The molecule has 5 unspecified atom stereocenters. The molecule has 5 atom stereocenters. The summed E-state index contributed by atoms with van der Waals surface area (Å²) >= 11 is 0. The van der Waals surface area contributed by atoms with Crippen molar-refractivity contribution >= 4 is 0 Å². The van der Waals surface area contributed by atoms with Crippen molar-refractivity contribution in [1.82, 2.24) is 0 Å². The Morgan fingerprint density at radius 3 is 2.22 bits per heavy atom. The first kappa shape index (κ1) is 12.3. The highest BCUT2D eigenvalue weighted by molar-refractivity contribution is 5.17. The van der Waals surface area contributed by atoms with Gasteiger partial charge in [0.1, 0.15) is 11.5 Å². The van der Waals surface area contributed by atoms with Crippen molar-refractivity contribution < 1.29 is 20.4 Å². The minimum Gasteiger partial charge on any atom is -0.509 e. The Kier molecular flexibility index (Phi) is 2.83. The Bertz CT molecular complexity index is 372. The van der Waals surface area contributed by atoms with E-state index in [0.717, 1.165) is 32.1 Å². The summed E-state index contributed by atoms with van der Waals surface area (Å²) in [5.74, 6) is 0.237. The van der Waals surface area contributed by atoms with Crippen LogP contribution in [0.4, 0.5) is 0 Å². The van der Waals surface area contributed by atoms with Crippen LogP contribution in [-0.2, 0) is 0 Å². The maximum Gasteiger partial charge on any atom is 0.133 e. The fourth-order valence-electron chi connectivity index (χ4n) is 4.72. The zero-order valence-corrected chi connectivity index (χ0v) is 10.5. The van der Waals surface area contributed by atoms with Gasteiger partial charge in [0.2, 0.25) is 0 Å². The summed E-state index contributed by atoms with van der Waals surface area (Å²) in [4.78, 5) is 0. The molecular formula is C14H22O4. The molecule has 0 aromatic heterocycles. The van der Waals surface area contributed by atoms with Crippen LogP contribution in [0.3, 0.4) is 0 Å². The van der Waals surface area contributed by atoms with E-state index in [2.05, 4.69) is 0 Å². The van der Waals surface area contributed by atoms with E-state index in [1.165, 1.54) is 0 Å². The fraction of sp³-hybridized carbons (Fsp3) is 0.857. The Hall–Kier alpha value is -0.740. The summed E-state index contributed by atoms with van der Waals surface area (Å²) in [5, 5.41) is 40.2. The second-order valence-corrected chi connectivity index (χ2v) is 6.20. The second kappa shape index (κ2) is 4.14. The topological polar surface area (TPSA) is 80.9 Å². The van der Waals surface area contributed by atoms with Crippen LogP contribution in [0.5, 0.6) is 0 Å². The molecule has 0 aliphatic heterocycles. The predicted octanol–water partition coefficient (Wildman–Crippen LogP) is 2.03. The third kappa shape index (κ3) is 1.45. The lowest BCUT2D eigenvalue weighted by atomic mass is 9.67. The van der Waals surface area contributed by atoms with E-state index in [0.29, 0.717) is 12.8 Å². The van der Waals surface area contributed by atoms with Crippen molar-refractivity contribution in [1.29, 1.82) is 0 Å². The van der Waals surface area contributed by atoms with Crippen molar-refractivity contribution in [2.24, 2.45) is 17.3 Å². The van der Waals surface area contributed by atoms with Gasteiger partial charge in [-0.1, -0.05) is 6.42 Å². The first-order valence-corrected chi connectivity index (χ1v) is 7.04. The van der Waals surface area contributed by atoms with Gasteiger partial charge in [-0.15, -0.1) is 0 Å². The van der Waals surface area contributed by atoms with Gasteiger partial charge in [-0.2, -0.15) is 0 Å². The zero-order valence-electron chi connectivity index (χ0n) is 10.5. The molecular weight excluding hydrogens is 232 g/mol. The molecule has 3 aliphatic carbocycles. The first-order valence-electron chi connectivity index (χ1n) is 7.04. The predicted molar refractivity (Wildman–Crippen MR) is 66.0 cm³/mol. The van der Waals surface area contributed by atoms with Crippen molar-refractivity contribution in [2.45, 2.75) is 57.2 Å². The minimum atomic E-state index is -0.462. The summed E-state index contributed by atoms with van der Waals surface area (Å²) in [6.07, 6.45) is 4.40. The zero-order chi connectivity index (χ0) is 12.9. The average Bonchev–Trinajstić information content (AvgIpc) is 2.97. The maximum atomic E-state index is 10.3. The molecule has 0 aromatic carbocycles. The molecule has 0 saturated heterocycles. The summed E-state index contributed by atoms with van der Waals surface area (Å²) in [6.45, 7) is 0. The Balaban J connectivity index is 1.93. The van der Waals surface area contributed by atoms with Crippen LogP contribution in [0, 0.1) is 17.3 Å². The molecule has 2 fully saturated rings. The fourth-order valence-corrected chi connectivity index (χ4v) is 4.72. The number of rotatable bonds is 1. The van der Waals surface area contributed by atoms with Gasteiger partial charge in [0.15, 0.2) is 0 Å². The van der Waals surface area contributed by atoms with Gasteiger partial charge in [-0.25, -0.2) is 0 Å². The van der Waals surface area contributed by atoms with E-state index >= 15 is 0 Å². The molecule has 0 aromatic rings. The highest BCUT2D eigenvalue weighted by atomic mass is 16.3. The summed E-state index contributed by atoms with van der Waals surface area (Å²) in [6, 6.07) is 0. The van der Waals surface area contributed by atoms with Crippen molar-refractivity contribution in [2.75, 3.05) is 0 Å². The first-order chi connectivity index (χ1) is 8.57. The average molecular weight is 254 g/mol. The molecule has 4 N–H and O–H groups in total. The number of hydrogen-bond donors (Lipinski definition) is 4. The highest BCUT2D eigenvalue weighted by Crippen LogP contribution is 2.59. The van der Waals surface area contributed by atoms with E-state index in [1.54, 1.807) is 0 Å². The molecule has 4 nitrogen and oxygen atoms in total. The summed E-state index contributed by atoms with van der Waals surface area (Å²) < 4.78 is 0. The SMILES string of the molecule is OC1=C(O)C(C2CCC(O)C23CCCC3O)CC1. The van der Waals surface area contributed by atoms with Gasteiger partial charge in [0.25, 0.3) is 0 Å². The third-order valence-electron chi connectivity index (χ3n) is 5.59. The molecule has 0 heterocycles. The van der Waals surface area contributed by atoms with Gasteiger partial charge >= 0.3 is 0 Å². The molecule has 1 spiro atoms. The smallest absolute Gasteiger partial charge is 0.133 e. The van der Waals surface area contributed by atoms with Crippen LogP contribution in [-0.4, -0.2) is 32.6 Å². The van der Waals surface area contributed by atoms with Crippen LogP contribution in [0.15, 0.2) is 11.5 Å². The summed E-state index contributed by atoms with van der Waals surface area (Å²) in [5.41, 5.74) is -0.441. The largest absolute Gasteiger partial charge is 0.509 e. The van der Waals surface area contributed by atoms with Gasteiger partial charge < -0.3 is 20.4 Å². The molecule has 0 radical (unpaired) electrons. The Labute approximate surface area is 107 Å². The number of aliphatic hydroxyl groups excluding tert-OH is 4. The van der Waals surface area contributed by atoms with Crippen molar-refractivity contribution in [3.8, 4) is 0 Å². The van der Waals surface area contributed by atoms with Crippen molar-refractivity contribution in [3.63, 3.8) is 0 Å². The van der Waals surface area contributed by atoms with Crippen molar-refractivity contribution in [3.05, 3.63) is 11.5 Å². The van der Waals surface area contributed by atoms with E-state index in [4.69, 9.17) is 0 Å². The molecule has 102 valence electrons. The van der Waals surface area contributed by atoms with E-state index in [-0.39, 0.29) is 23.4 Å². The Morgan fingerprint density at radius 1 is 0.944 bits per heavy atom. The van der Waals surface area contributed by atoms with Gasteiger partial charge in [0, 0.05) is 17.8 Å². The van der Waals surface area contributed by atoms with Crippen LogP contribution in [0.1, 0.15) is 44.9 Å². The van der Waals surface area contributed by atoms with Crippen LogP contribution >= 0.6 is 0 Å². The quantitative estimate of drug-likeness (QED) is 0.577. The molecule has 0 amide bonds. The van der Waals surface area contributed by atoms with Crippen LogP contribution in [0.2, 0.25) is 0 Å². The van der Waals surface area contributed by atoms with Crippen LogP contribution < -0.4 is 0 Å². The number of allylic oxidation sites excluding steroid dienone is 2. The lowest BCUT2D eigenvalue weighted by Crippen LogP contribution is -2.44.